The van der Waals surface area contributed by atoms with Crippen LogP contribution in [0.5, 0.6) is 0 Å². The molecule has 0 aliphatic carbocycles. The minimum atomic E-state index is -0.0684. The Kier molecular flexibility index (Phi) is 4.60. The maximum Gasteiger partial charge on any atom is 0.252 e. The number of carbonyl (C=O) groups is 1. The quantitative estimate of drug-likeness (QED) is 0.578. The van der Waals surface area contributed by atoms with Gasteiger partial charge in [-0.25, -0.2) is 9.50 Å². The highest BCUT2D eigenvalue weighted by atomic mass is 16.2. The Labute approximate surface area is 162 Å². The van der Waals surface area contributed by atoms with Crippen LogP contribution in [-0.4, -0.2) is 47.6 Å². The number of nitrogens with one attached hydrogen (secondary N) is 1. The molecule has 8 heteroatoms. The summed E-state index contributed by atoms with van der Waals surface area (Å²) in [7, 11) is 1.76. The molecule has 0 atom stereocenters. The molecule has 0 saturated carbocycles. The molecule has 142 valence electrons. The Hall–Kier alpha value is -3.55. The van der Waals surface area contributed by atoms with E-state index in [0.29, 0.717) is 18.1 Å². The minimum Gasteiger partial charge on any atom is -0.339 e. The maximum absolute atomic E-state index is 12.6. The van der Waals surface area contributed by atoms with Crippen LogP contribution < -0.4 is 0 Å². The zero-order valence-electron chi connectivity index (χ0n) is 16.0. The lowest BCUT2D eigenvalue weighted by Gasteiger charge is -2.14. The van der Waals surface area contributed by atoms with Crippen LogP contribution in [0.1, 0.15) is 22.9 Å². The zero-order valence-corrected chi connectivity index (χ0v) is 16.0. The largest absolute Gasteiger partial charge is 0.339 e. The van der Waals surface area contributed by atoms with Gasteiger partial charge in [0.25, 0.3) is 5.78 Å². The van der Waals surface area contributed by atoms with E-state index in [9.17, 15) is 4.79 Å². The number of hydrogen-bond donors (Lipinski definition) is 1. The van der Waals surface area contributed by atoms with Gasteiger partial charge in [-0.05, 0) is 26.0 Å². The molecule has 4 rings (SSSR count). The number of likely N-dealkylation sites (N-methyl/N-ethyl adjacent to an activating group) is 1. The third-order valence-electron chi connectivity index (χ3n) is 4.51. The lowest BCUT2D eigenvalue weighted by Crippen LogP contribution is -2.28. The smallest absolute Gasteiger partial charge is 0.252 e. The lowest BCUT2D eigenvalue weighted by molar-refractivity contribution is -0.129. The van der Waals surface area contributed by atoms with E-state index >= 15 is 0 Å². The number of benzene rings is 1. The number of aryl methyl sites for hydroxylation is 2. The van der Waals surface area contributed by atoms with Crippen molar-refractivity contribution in [1.82, 2.24) is 34.7 Å². The molecule has 1 aromatic carbocycles. The van der Waals surface area contributed by atoms with E-state index in [4.69, 9.17) is 0 Å². The number of carbonyl (C=O) groups excluding carboxylic acids is 1. The van der Waals surface area contributed by atoms with E-state index in [1.807, 2.05) is 56.3 Å². The van der Waals surface area contributed by atoms with Crippen molar-refractivity contribution in [3.05, 3.63) is 65.4 Å². The predicted octanol–water partition coefficient (Wildman–Crippen LogP) is 2.33. The molecule has 3 heterocycles. The average molecular weight is 375 g/mol. The summed E-state index contributed by atoms with van der Waals surface area (Å²) in [4.78, 5) is 23.0. The van der Waals surface area contributed by atoms with Crippen molar-refractivity contribution in [2.45, 2.75) is 26.8 Å². The molecule has 0 aliphatic heterocycles. The summed E-state index contributed by atoms with van der Waals surface area (Å²) in [6.45, 7) is 4.29. The summed E-state index contributed by atoms with van der Waals surface area (Å²) in [6.07, 6.45) is 0.123. The first kappa shape index (κ1) is 17.8. The van der Waals surface area contributed by atoms with Crippen molar-refractivity contribution in [3.8, 4) is 11.3 Å². The van der Waals surface area contributed by atoms with Crippen molar-refractivity contribution in [2.75, 3.05) is 7.05 Å². The summed E-state index contributed by atoms with van der Waals surface area (Å²) in [5.41, 5.74) is 4.57. The Balaban J connectivity index is 1.44. The third-order valence-corrected chi connectivity index (χ3v) is 4.51. The van der Waals surface area contributed by atoms with Gasteiger partial charge >= 0.3 is 0 Å². The molecule has 1 amide bonds. The van der Waals surface area contributed by atoms with Gasteiger partial charge < -0.3 is 4.90 Å². The number of nitrogens with zero attached hydrogens (tertiary/aromatic N) is 6. The Morgan fingerprint density at radius 3 is 2.71 bits per heavy atom. The van der Waals surface area contributed by atoms with Gasteiger partial charge in [-0.1, -0.05) is 30.3 Å². The van der Waals surface area contributed by atoms with E-state index in [2.05, 4.69) is 25.3 Å². The van der Waals surface area contributed by atoms with Gasteiger partial charge in [-0.2, -0.15) is 10.1 Å². The summed E-state index contributed by atoms with van der Waals surface area (Å²) >= 11 is 0. The van der Waals surface area contributed by atoms with E-state index in [0.717, 1.165) is 28.3 Å². The number of amides is 1. The highest BCUT2D eigenvalue weighted by Crippen LogP contribution is 2.17. The Bertz CT molecular complexity index is 1130. The van der Waals surface area contributed by atoms with Crippen molar-refractivity contribution >= 4 is 11.7 Å². The predicted molar refractivity (Wildman–Crippen MR) is 104 cm³/mol. The number of hydrogen-bond acceptors (Lipinski definition) is 5. The first-order chi connectivity index (χ1) is 13.5. The number of aromatic amines is 1. The number of fused-ring (bicyclic) bond motifs is 1. The number of rotatable bonds is 5. The molecule has 0 fully saturated rings. The Morgan fingerprint density at radius 2 is 1.93 bits per heavy atom. The molecular weight excluding hydrogens is 354 g/mol. The van der Waals surface area contributed by atoms with Gasteiger partial charge in [0, 0.05) is 24.0 Å². The van der Waals surface area contributed by atoms with Crippen LogP contribution in [0.3, 0.4) is 0 Å². The minimum absolute atomic E-state index is 0.0684. The molecule has 0 spiro atoms. The lowest BCUT2D eigenvalue weighted by atomic mass is 10.1. The Morgan fingerprint density at radius 1 is 1.14 bits per heavy atom. The summed E-state index contributed by atoms with van der Waals surface area (Å²) in [5, 5.41) is 11.7. The SMILES string of the molecule is Cc1cc(C)n2nc(CC(=O)N(C)Cc3cc(-c4ccccc4)n[nH]3)nc2n1. The normalized spacial score (nSPS) is 11.1. The summed E-state index contributed by atoms with van der Waals surface area (Å²) in [5.74, 6) is 0.915. The molecular formula is C20H21N7O. The van der Waals surface area contributed by atoms with Crippen LogP contribution in [0.25, 0.3) is 17.0 Å². The third kappa shape index (κ3) is 3.62. The van der Waals surface area contributed by atoms with E-state index in [-0.39, 0.29) is 12.3 Å². The van der Waals surface area contributed by atoms with Gasteiger partial charge in [-0.3, -0.25) is 9.89 Å². The van der Waals surface area contributed by atoms with Crippen LogP contribution in [0, 0.1) is 13.8 Å². The molecule has 0 aliphatic rings. The van der Waals surface area contributed by atoms with Crippen LogP contribution >= 0.6 is 0 Å². The monoisotopic (exact) mass is 375 g/mol. The topological polar surface area (TPSA) is 92.1 Å². The van der Waals surface area contributed by atoms with Crippen LogP contribution in [0.2, 0.25) is 0 Å². The fraction of sp³-hybridized carbons (Fsp3) is 0.250. The van der Waals surface area contributed by atoms with E-state index < -0.39 is 0 Å². The molecule has 28 heavy (non-hydrogen) atoms. The molecule has 8 nitrogen and oxygen atoms in total. The molecule has 0 unspecified atom stereocenters. The van der Waals surface area contributed by atoms with Gasteiger partial charge in [0.2, 0.25) is 5.91 Å². The molecule has 4 aromatic rings. The van der Waals surface area contributed by atoms with Gasteiger partial charge in [-0.15, -0.1) is 5.10 Å². The van der Waals surface area contributed by atoms with Crippen molar-refractivity contribution < 1.29 is 4.79 Å². The summed E-state index contributed by atoms with van der Waals surface area (Å²) in [6, 6.07) is 13.8. The van der Waals surface area contributed by atoms with Gasteiger partial charge in [0.05, 0.1) is 24.4 Å². The molecule has 0 bridgehead atoms. The van der Waals surface area contributed by atoms with Crippen LogP contribution in [0.4, 0.5) is 0 Å². The first-order valence-electron chi connectivity index (χ1n) is 9.03. The van der Waals surface area contributed by atoms with Crippen molar-refractivity contribution in [1.29, 1.82) is 0 Å². The highest BCUT2D eigenvalue weighted by molar-refractivity contribution is 5.77. The van der Waals surface area contributed by atoms with Crippen LogP contribution in [0.15, 0.2) is 42.5 Å². The first-order valence-corrected chi connectivity index (χ1v) is 9.03. The molecule has 1 N–H and O–H groups in total. The van der Waals surface area contributed by atoms with Crippen molar-refractivity contribution in [3.63, 3.8) is 0 Å². The second-order valence-electron chi connectivity index (χ2n) is 6.85. The van der Waals surface area contributed by atoms with E-state index in [1.54, 1.807) is 16.5 Å². The van der Waals surface area contributed by atoms with Gasteiger partial charge in [0.15, 0.2) is 5.82 Å². The summed E-state index contributed by atoms with van der Waals surface area (Å²) < 4.78 is 1.66. The van der Waals surface area contributed by atoms with Crippen molar-refractivity contribution in [2.24, 2.45) is 0 Å². The van der Waals surface area contributed by atoms with E-state index in [1.165, 1.54) is 0 Å². The van der Waals surface area contributed by atoms with Crippen LogP contribution in [-0.2, 0) is 17.8 Å². The fourth-order valence-electron chi connectivity index (χ4n) is 3.10. The standard InChI is InChI=1S/C20H21N7O/c1-13-9-14(2)27-20(21-13)22-18(25-27)11-19(28)26(3)12-16-10-17(24-23-16)15-7-5-4-6-8-15/h4-10H,11-12H2,1-3H3,(H,23,24). The molecule has 3 aromatic heterocycles. The second-order valence-corrected chi connectivity index (χ2v) is 6.85. The second kappa shape index (κ2) is 7.22. The zero-order chi connectivity index (χ0) is 19.7. The fourth-order valence-corrected chi connectivity index (χ4v) is 3.10. The maximum atomic E-state index is 12.6. The molecule has 0 radical (unpaired) electrons. The van der Waals surface area contributed by atoms with Gasteiger partial charge in [0.1, 0.15) is 0 Å². The number of H-pyrrole nitrogens is 1. The molecule has 0 saturated heterocycles. The average Bonchev–Trinajstić information content (AvgIpc) is 3.29. The number of aromatic nitrogens is 6. The highest BCUT2D eigenvalue weighted by Gasteiger charge is 2.16.